The number of rotatable bonds is 6. The number of aliphatic hydroxyl groups excluding tert-OH is 1. The molecule has 0 aliphatic carbocycles. The highest BCUT2D eigenvalue weighted by molar-refractivity contribution is 7.84. The molecule has 0 spiro atoms. The van der Waals surface area contributed by atoms with Crippen molar-refractivity contribution in [1.29, 1.82) is 0 Å². The summed E-state index contributed by atoms with van der Waals surface area (Å²) in [5.41, 5.74) is 1.17. The van der Waals surface area contributed by atoms with Crippen molar-refractivity contribution in [2.45, 2.75) is 25.8 Å². The Morgan fingerprint density at radius 1 is 1.43 bits per heavy atom. The molecule has 0 fully saturated rings. The van der Waals surface area contributed by atoms with Crippen LogP contribution in [0.5, 0.6) is 0 Å². The van der Waals surface area contributed by atoms with E-state index < -0.39 is 10.8 Å². The predicted molar refractivity (Wildman–Crippen MR) is 85.5 cm³/mol. The Hall–Kier alpha value is -1.64. The van der Waals surface area contributed by atoms with E-state index >= 15 is 0 Å². The first-order valence-electron chi connectivity index (χ1n) is 6.84. The Bertz CT molecular complexity index is 560. The standard InChI is InChI=1S/C16H21NO3S/c1-13(10-12-21(2)20)17-16(19)15-9-4-3-7-14(15)8-5-6-11-18/h3-4,7,9,13,18H,6,10-12H2,1-2H3,(H,17,19). The average Bonchev–Trinajstić information content (AvgIpc) is 2.46. The number of amides is 1. The van der Waals surface area contributed by atoms with Gasteiger partial charge >= 0.3 is 0 Å². The predicted octanol–water partition coefficient (Wildman–Crippen LogP) is 1.31. The van der Waals surface area contributed by atoms with Crippen molar-refractivity contribution in [3.63, 3.8) is 0 Å². The van der Waals surface area contributed by atoms with Crippen LogP contribution in [0.15, 0.2) is 24.3 Å². The van der Waals surface area contributed by atoms with Crippen LogP contribution in [-0.2, 0) is 10.8 Å². The summed E-state index contributed by atoms with van der Waals surface area (Å²) in [6, 6.07) is 7.08. The Morgan fingerprint density at radius 2 is 2.14 bits per heavy atom. The van der Waals surface area contributed by atoms with Crippen molar-refractivity contribution in [1.82, 2.24) is 5.32 Å². The van der Waals surface area contributed by atoms with Gasteiger partial charge in [-0.05, 0) is 25.5 Å². The van der Waals surface area contributed by atoms with Gasteiger partial charge in [0.25, 0.3) is 5.91 Å². The number of hydrogen-bond donors (Lipinski definition) is 2. The number of carbonyl (C=O) groups is 1. The van der Waals surface area contributed by atoms with Crippen LogP contribution in [0.25, 0.3) is 0 Å². The highest BCUT2D eigenvalue weighted by atomic mass is 32.2. The first-order valence-corrected chi connectivity index (χ1v) is 8.57. The second kappa shape index (κ2) is 9.32. The van der Waals surface area contributed by atoms with Crippen molar-refractivity contribution >= 4 is 16.7 Å². The fourth-order valence-corrected chi connectivity index (χ4v) is 2.41. The van der Waals surface area contributed by atoms with Gasteiger partial charge in [-0.1, -0.05) is 24.0 Å². The van der Waals surface area contributed by atoms with E-state index in [-0.39, 0.29) is 18.6 Å². The minimum Gasteiger partial charge on any atom is -0.395 e. The molecule has 1 rings (SSSR count). The minimum absolute atomic E-state index is 0.00650. The molecular weight excluding hydrogens is 286 g/mol. The van der Waals surface area contributed by atoms with Crippen LogP contribution in [0.2, 0.25) is 0 Å². The zero-order valence-electron chi connectivity index (χ0n) is 12.4. The van der Waals surface area contributed by atoms with E-state index in [9.17, 15) is 9.00 Å². The lowest BCUT2D eigenvalue weighted by atomic mass is 10.1. The van der Waals surface area contributed by atoms with Gasteiger partial charge in [0.1, 0.15) is 0 Å². The van der Waals surface area contributed by atoms with Crippen LogP contribution in [-0.4, -0.2) is 39.9 Å². The van der Waals surface area contributed by atoms with Gasteiger partial charge in [-0.2, -0.15) is 0 Å². The van der Waals surface area contributed by atoms with Crippen molar-refractivity contribution in [2.75, 3.05) is 18.6 Å². The molecule has 21 heavy (non-hydrogen) atoms. The van der Waals surface area contributed by atoms with Crippen LogP contribution in [0.1, 0.15) is 35.7 Å². The Kier molecular flexibility index (Phi) is 7.73. The van der Waals surface area contributed by atoms with Gasteiger partial charge in [0.05, 0.1) is 12.2 Å². The third-order valence-corrected chi connectivity index (χ3v) is 3.66. The van der Waals surface area contributed by atoms with Crippen LogP contribution >= 0.6 is 0 Å². The molecule has 0 saturated carbocycles. The Morgan fingerprint density at radius 3 is 2.81 bits per heavy atom. The van der Waals surface area contributed by atoms with Gasteiger partial charge in [-0.15, -0.1) is 0 Å². The van der Waals surface area contributed by atoms with Gasteiger partial charge in [-0.25, -0.2) is 0 Å². The summed E-state index contributed by atoms with van der Waals surface area (Å²) in [5.74, 6) is 6.11. The van der Waals surface area contributed by atoms with Gasteiger partial charge in [0.15, 0.2) is 0 Å². The molecule has 0 aromatic heterocycles. The van der Waals surface area contributed by atoms with Crippen molar-refractivity contribution in [2.24, 2.45) is 0 Å². The van der Waals surface area contributed by atoms with E-state index in [0.717, 1.165) is 0 Å². The van der Waals surface area contributed by atoms with E-state index in [2.05, 4.69) is 17.2 Å². The third-order valence-electron chi connectivity index (χ3n) is 2.85. The molecule has 2 N–H and O–H groups in total. The Labute approximate surface area is 128 Å². The number of benzene rings is 1. The molecule has 5 heteroatoms. The second-order valence-corrected chi connectivity index (χ2v) is 6.32. The molecule has 0 saturated heterocycles. The maximum Gasteiger partial charge on any atom is 0.252 e. The molecule has 4 nitrogen and oxygen atoms in total. The smallest absolute Gasteiger partial charge is 0.252 e. The molecule has 1 amide bonds. The number of aliphatic hydroxyl groups is 1. The van der Waals surface area contributed by atoms with E-state index in [1.807, 2.05) is 13.0 Å². The lowest BCUT2D eigenvalue weighted by molar-refractivity contribution is 0.0939. The minimum atomic E-state index is -0.853. The van der Waals surface area contributed by atoms with E-state index in [0.29, 0.717) is 29.7 Å². The summed E-state index contributed by atoms with van der Waals surface area (Å²) in [4.78, 5) is 12.2. The van der Waals surface area contributed by atoms with Gasteiger partial charge < -0.3 is 10.4 Å². The van der Waals surface area contributed by atoms with Crippen LogP contribution < -0.4 is 5.32 Å². The molecule has 0 heterocycles. The lowest BCUT2D eigenvalue weighted by Crippen LogP contribution is -2.33. The zero-order valence-corrected chi connectivity index (χ0v) is 13.2. The van der Waals surface area contributed by atoms with Gasteiger partial charge in [0, 0.05) is 40.8 Å². The topological polar surface area (TPSA) is 66.4 Å². The number of nitrogens with one attached hydrogen (secondary N) is 1. The monoisotopic (exact) mass is 307 g/mol. The van der Waals surface area contributed by atoms with Crippen LogP contribution in [0.4, 0.5) is 0 Å². The highest BCUT2D eigenvalue weighted by Gasteiger charge is 2.12. The fourth-order valence-electron chi connectivity index (χ4n) is 1.72. The summed E-state index contributed by atoms with van der Waals surface area (Å²) in [6.45, 7) is 1.90. The van der Waals surface area contributed by atoms with E-state index in [1.54, 1.807) is 24.5 Å². The summed E-state index contributed by atoms with van der Waals surface area (Å²) in [7, 11) is -0.853. The van der Waals surface area contributed by atoms with Crippen molar-refractivity contribution < 1.29 is 14.1 Å². The molecule has 0 radical (unpaired) electrons. The normalized spacial score (nSPS) is 12.9. The van der Waals surface area contributed by atoms with E-state index in [1.165, 1.54) is 0 Å². The molecule has 0 aliphatic heterocycles. The lowest BCUT2D eigenvalue weighted by Gasteiger charge is -2.13. The molecule has 0 bridgehead atoms. The maximum absolute atomic E-state index is 12.2. The quantitative estimate of drug-likeness (QED) is 0.779. The second-order valence-electron chi connectivity index (χ2n) is 4.76. The third kappa shape index (κ3) is 6.56. The fraction of sp³-hybridized carbons (Fsp3) is 0.438. The summed E-state index contributed by atoms with van der Waals surface area (Å²) in [5, 5.41) is 11.6. The van der Waals surface area contributed by atoms with Gasteiger partial charge in [0.2, 0.25) is 0 Å². The van der Waals surface area contributed by atoms with Crippen LogP contribution in [0, 0.1) is 11.8 Å². The Balaban J connectivity index is 2.74. The zero-order chi connectivity index (χ0) is 15.7. The molecule has 2 unspecified atom stereocenters. The first-order chi connectivity index (χ1) is 10.0. The maximum atomic E-state index is 12.2. The van der Waals surface area contributed by atoms with E-state index in [4.69, 9.17) is 5.11 Å². The van der Waals surface area contributed by atoms with Crippen molar-refractivity contribution in [3.05, 3.63) is 35.4 Å². The largest absolute Gasteiger partial charge is 0.395 e. The molecule has 114 valence electrons. The summed E-state index contributed by atoms with van der Waals surface area (Å²) < 4.78 is 11.1. The average molecular weight is 307 g/mol. The number of hydrogen-bond acceptors (Lipinski definition) is 3. The van der Waals surface area contributed by atoms with Gasteiger partial charge in [-0.3, -0.25) is 9.00 Å². The molecule has 1 aromatic rings. The van der Waals surface area contributed by atoms with Crippen molar-refractivity contribution in [3.8, 4) is 11.8 Å². The molecule has 0 aliphatic rings. The first kappa shape index (κ1) is 17.4. The SMILES string of the molecule is CC(CCS(C)=O)NC(=O)c1ccccc1C#CCCO. The summed E-state index contributed by atoms with van der Waals surface area (Å²) in [6.07, 6.45) is 2.71. The van der Waals surface area contributed by atoms with Crippen LogP contribution in [0.3, 0.4) is 0 Å². The number of carbonyl (C=O) groups excluding carboxylic acids is 1. The highest BCUT2D eigenvalue weighted by Crippen LogP contribution is 2.08. The summed E-state index contributed by atoms with van der Waals surface area (Å²) >= 11 is 0. The molecular formula is C16H21NO3S. The molecule has 2 atom stereocenters. The molecule has 1 aromatic carbocycles.